The Hall–Kier alpha value is -1.41. The Morgan fingerprint density at radius 3 is 2.72 bits per heavy atom. The van der Waals surface area contributed by atoms with E-state index in [1.807, 2.05) is 12.3 Å². The van der Waals surface area contributed by atoms with E-state index in [-0.39, 0.29) is 5.54 Å². The number of hydrogen-bond acceptors (Lipinski definition) is 2. The van der Waals surface area contributed by atoms with E-state index in [1.165, 1.54) is 23.8 Å². The number of aromatic nitrogens is 1. The fourth-order valence-corrected chi connectivity index (χ4v) is 3.08. The number of pyridine rings is 1. The van der Waals surface area contributed by atoms with E-state index < -0.39 is 0 Å². The number of rotatable bonds is 1. The largest absolute Gasteiger partial charge is 0.321 e. The molecule has 2 N–H and O–H groups in total. The van der Waals surface area contributed by atoms with Gasteiger partial charge in [0.05, 0.1) is 5.52 Å². The Morgan fingerprint density at radius 1 is 1.17 bits per heavy atom. The lowest BCUT2D eigenvalue weighted by molar-refractivity contribution is 0.249. The molecule has 1 aromatic heterocycles. The number of nitrogens with zero attached hydrogens (tertiary/aromatic N) is 1. The molecule has 2 heteroatoms. The number of benzene rings is 1. The summed E-state index contributed by atoms with van der Waals surface area (Å²) >= 11 is 0. The second-order valence-electron chi connectivity index (χ2n) is 5.71. The summed E-state index contributed by atoms with van der Waals surface area (Å²) in [4.78, 5) is 4.43. The molecule has 3 rings (SSSR count). The first-order valence-corrected chi connectivity index (χ1v) is 6.82. The van der Waals surface area contributed by atoms with E-state index in [9.17, 15) is 0 Å². The standard InChI is InChI=1S/C16H20N2/c1-12-7-9-16(17,10-8-12)14-5-2-6-15-13(14)4-3-11-18-15/h2-6,11-12H,7-10,17H2,1H3. The highest BCUT2D eigenvalue weighted by molar-refractivity contribution is 5.83. The molecule has 1 fully saturated rings. The lowest BCUT2D eigenvalue weighted by Crippen LogP contribution is -2.40. The topological polar surface area (TPSA) is 38.9 Å². The molecule has 2 aromatic rings. The van der Waals surface area contributed by atoms with Crippen LogP contribution in [0, 0.1) is 5.92 Å². The molecule has 0 radical (unpaired) electrons. The van der Waals surface area contributed by atoms with Crippen molar-refractivity contribution in [2.24, 2.45) is 11.7 Å². The van der Waals surface area contributed by atoms with Gasteiger partial charge in [-0.25, -0.2) is 0 Å². The quantitative estimate of drug-likeness (QED) is 0.827. The first kappa shape index (κ1) is 11.7. The zero-order valence-electron chi connectivity index (χ0n) is 10.9. The number of fused-ring (bicyclic) bond motifs is 1. The normalized spacial score (nSPS) is 28.4. The van der Waals surface area contributed by atoms with Crippen molar-refractivity contribution >= 4 is 10.9 Å². The van der Waals surface area contributed by atoms with Gasteiger partial charge in [0.1, 0.15) is 0 Å². The second kappa shape index (κ2) is 4.36. The van der Waals surface area contributed by atoms with Crippen LogP contribution in [0.4, 0.5) is 0 Å². The molecule has 2 nitrogen and oxygen atoms in total. The Bertz CT molecular complexity index is 549. The first-order chi connectivity index (χ1) is 8.69. The molecule has 0 unspecified atom stereocenters. The van der Waals surface area contributed by atoms with E-state index in [2.05, 4.69) is 36.2 Å². The van der Waals surface area contributed by atoms with Crippen LogP contribution in [-0.2, 0) is 5.54 Å². The van der Waals surface area contributed by atoms with Crippen molar-refractivity contribution in [2.45, 2.75) is 38.1 Å². The molecule has 0 spiro atoms. The lowest BCUT2D eigenvalue weighted by Gasteiger charge is -2.37. The number of nitrogens with two attached hydrogens (primary N) is 1. The summed E-state index contributed by atoms with van der Waals surface area (Å²) in [5.41, 5.74) is 8.86. The van der Waals surface area contributed by atoms with Crippen molar-refractivity contribution in [1.29, 1.82) is 0 Å². The molecule has 1 saturated carbocycles. The van der Waals surface area contributed by atoms with Crippen LogP contribution in [0.25, 0.3) is 10.9 Å². The maximum absolute atomic E-state index is 6.68. The van der Waals surface area contributed by atoms with Gasteiger partial charge in [-0.1, -0.05) is 25.1 Å². The zero-order chi connectivity index (χ0) is 12.6. The molecule has 18 heavy (non-hydrogen) atoms. The van der Waals surface area contributed by atoms with Crippen molar-refractivity contribution in [2.75, 3.05) is 0 Å². The van der Waals surface area contributed by atoms with E-state index >= 15 is 0 Å². The van der Waals surface area contributed by atoms with Gasteiger partial charge >= 0.3 is 0 Å². The average molecular weight is 240 g/mol. The summed E-state index contributed by atoms with van der Waals surface area (Å²) in [5, 5.41) is 1.22. The van der Waals surface area contributed by atoms with Crippen molar-refractivity contribution in [1.82, 2.24) is 4.98 Å². The van der Waals surface area contributed by atoms with Crippen LogP contribution in [0.1, 0.15) is 38.2 Å². The summed E-state index contributed by atoms with van der Waals surface area (Å²) in [7, 11) is 0. The zero-order valence-corrected chi connectivity index (χ0v) is 10.9. The lowest BCUT2D eigenvalue weighted by atomic mass is 9.73. The molecule has 0 amide bonds. The first-order valence-electron chi connectivity index (χ1n) is 6.82. The Balaban J connectivity index is 2.08. The van der Waals surface area contributed by atoms with Gasteiger partial charge in [-0.2, -0.15) is 0 Å². The van der Waals surface area contributed by atoms with Gasteiger partial charge in [0.25, 0.3) is 0 Å². The van der Waals surface area contributed by atoms with Crippen LogP contribution in [0.3, 0.4) is 0 Å². The Kier molecular flexibility index (Phi) is 2.83. The molecular weight excluding hydrogens is 220 g/mol. The van der Waals surface area contributed by atoms with Gasteiger partial charge < -0.3 is 5.73 Å². The maximum atomic E-state index is 6.68. The average Bonchev–Trinajstić information content (AvgIpc) is 2.42. The third kappa shape index (κ3) is 1.91. The Labute approximate surface area is 108 Å². The van der Waals surface area contributed by atoms with E-state index in [4.69, 9.17) is 5.73 Å². The fraction of sp³-hybridized carbons (Fsp3) is 0.438. The summed E-state index contributed by atoms with van der Waals surface area (Å²) in [6, 6.07) is 10.5. The van der Waals surface area contributed by atoms with Crippen LogP contribution >= 0.6 is 0 Å². The van der Waals surface area contributed by atoms with Crippen molar-refractivity contribution in [3.63, 3.8) is 0 Å². The molecule has 1 aromatic carbocycles. The van der Waals surface area contributed by atoms with Gasteiger partial charge in [-0.15, -0.1) is 0 Å². The summed E-state index contributed by atoms with van der Waals surface area (Å²) in [5.74, 6) is 0.815. The smallest absolute Gasteiger partial charge is 0.0705 e. The summed E-state index contributed by atoms with van der Waals surface area (Å²) < 4.78 is 0. The van der Waals surface area contributed by atoms with Gasteiger partial charge in [0.15, 0.2) is 0 Å². The predicted octanol–water partition coefficient (Wildman–Crippen LogP) is 3.60. The van der Waals surface area contributed by atoms with Gasteiger partial charge in [0.2, 0.25) is 0 Å². The molecule has 1 heterocycles. The highest BCUT2D eigenvalue weighted by atomic mass is 14.8. The van der Waals surface area contributed by atoms with Gasteiger partial charge in [-0.3, -0.25) is 4.98 Å². The number of hydrogen-bond donors (Lipinski definition) is 1. The molecule has 0 saturated heterocycles. The van der Waals surface area contributed by atoms with Crippen LogP contribution in [-0.4, -0.2) is 4.98 Å². The molecular formula is C16H20N2. The molecule has 1 aliphatic carbocycles. The minimum absolute atomic E-state index is 0.158. The summed E-state index contributed by atoms with van der Waals surface area (Å²) in [6.07, 6.45) is 6.48. The van der Waals surface area contributed by atoms with Gasteiger partial charge in [0, 0.05) is 17.1 Å². The van der Waals surface area contributed by atoms with Crippen molar-refractivity contribution < 1.29 is 0 Å². The second-order valence-corrected chi connectivity index (χ2v) is 5.71. The van der Waals surface area contributed by atoms with E-state index in [0.29, 0.717) is 0 Å². The molecule has 0 atom stereocenters. The molecule has 94 valence electrons. The Morgan fingerprint density at radius 2 is 1.94 bits per heavy atom. The highest BCUT2D eigenvalue weighted by Gasteiger charge is 2.32. The molecule has 0 bridgehead atoms. The van der Waals surface area contributed by atoms with E-state index in [0.717, 1.165) is 24.3 Å². The van der Waals surface area contributed by atoms with Crippen molar-refractivity contribution in [3.05, 3.63) is 42.1 Å². The molecule has 1 aliphatic rings. The molecule has 0 aliphatic heterocycles. The SMILES string of the molecule is CC1CCC(N)(c2cccc3ncccc23)CC1. The fourth-order valence-electron chi connectivity index (χ4n) is 3.08. The highest BCUT2D eigenvalue weighted by Crippen LogP contribution is 2.39. The van der Waals surface area contributed by atoms with Crippen molar-refractivity contribution in [3.8, 4) is 0 Å². The minimum Gasteiger partial charge on any atom is -0.321 e. The van der Waals surface area contributed by atoms with Crippen LogP contribution < -0.4 is 5.73 Å². The maximum Gasteiger partial charge on any atom is 0.0705 e. The predicted molar refractivity (Wildman–Crippen MR) is 75.2 cm³/mol. The van der Waals surface area contributed by atoms with Crippen LogP contribution in [0.15, 0.2) is 36.5 Å². The third-order valence-electron chi connectivity index (χ3n) is 4.35. The van der Waals surface area contributed by atoms with Crippen LogP contribution in [0.2, 0.25) is 0 Å². The van der Waals surface area contributed by atoms with Crippen LogP contribution in [0.5, 0.6) is 0 Å². The summed E-state index contributed by atoms with van der Waals surface area (Å²) in [6.45, 7) is 2.32. The monoisotopic (exact) mass is 240 g/mol. The third-order valence-corrected chi connectivity index (χ3v) is 4.35. The minimum atomic E-state index is -0.158. The van der Waals surface area contributed by atoms with E-state index in [1.54, 1.807) is 0 Å². The van der Waals surface area contributed by atoms with Gasteiger partial charge in [-0.05, 0) is 49.3 Å².